The number of carbonyl (C=O) groups excluding carboxylic acids is 1. The summed E-state index contributed by atoms with van der Waals surface area (Å²) in [5.41, 5.74) is -0.624. The van der Waals surface area contributed by atoms with Crippen molar-refractivity contribution in [3.63, 3.8) is 0 Å². The average molecular weight is 515 g/mol. The molecular weight excluding hydrogens is 488 g/mol. The summed E-state index contributed by atoms with van der Waals surface area (Å²) in [4.78, 5) is 17.9. The Balaban J connectivity index is 1.62. The zero-order valence-corrected chi connectivity index (χ0v) is 20.2. The van der Waals surface area contributed by atoms with E-state index in [0.717, 1.165) is 17.0 Å². The quantitative estimate of drug-likeness (QED) is 0.297. The van der Waals surface area contributed by atoms with E-state index >= 15 is 4.39 Å². The van der Waals surface area contributed by atoms with Crippen LogP contribution in [0.2, 0.25) is 0 Å². The van der Waals surface area contributed by atoms with Crippen LogP contribution in [0.5, 0.6) is 5.75 Å². The fraction of sp³-hybridized carbons (Fsp3) is 0.296. The topological polar surface area (TPSA) is 60.2 Å². The van der Waals surface area contributed by atoms with E-state index in [1.54, 1.807) is 0 Å². The molecule has 0 spiro atoms. The third kappa shape index (κ3) is 4.63. The van der Waals surface area contributed by atoms with E-state index in [1.807, 2.05) is 13.8 Å². The maximum atomic E-state index is 15.8. The molecule has 192 valence electrons. The molecule has 6 nitrogen and oxygen atoms in total. The Morgan fingerprint density at radius 2 is 1.97 bits per heavy atom. The summed E-state index contributed by atoms with van der Waals surface area (Å²) in [7, 11) is 1.50. The molecule has 0 saturated carbocycles. The minimum absolute atomic E-state index is 0.0500. The molecule has 0 atom stereocenters. The molecule has 0 radical (unpaired) electrons. The molecular formula is C27H24F4N4O2. The van der Waals surface area contributed by atoms with Crippen LogP contribution in [-0.4, -0.2) is 32.2 Å². The van der Waals surface area contributed by atoms with Gasteiger partial charge in [-0.25, -0.2) is 4.39 Å². The van der Waals surface area contributed by atoms with Crippen LogP contribution >= 0.6 is 0 Å². The molecule has 2 aromatic carbocycles. The van der Waals surface area contributed by atoms with Crippen molar-refractivity contribution in [3.05, 3.63) is 77.0 Å². The average Bonchev–Trinajstić information content (AvgIpc) is 3.33. The number of nitrogens with zero attached hydrogens (tertiary/aromatic N) is 4. The molecule has 5 rings (SSSR count). The van der Waals surface area contributed by atoms with E-state index in [0.29, 0.717) is 5.56 Å². The molecule has 1 amide bonds. The number of aromatic nitrogens is 3. The van der Waals surface area contributed by atoms with Crippen LogP contribution in [0.1, 0.15) is 43.8 Å². The maximum Gasteiger partial charge on any atom is 0.418 e. The Morgan fingerprint density at radius 3 is 2.68 bits per heavy atom. The van der Waals surface area contributed by atoms with Crippen molar-refractivity contribution in [2.24, 2.45) is 13.0 Å². The van der Waals surface area contributed by atoms with Gasteiger partial charge < -0.3 is 9.64 Å². The van der Waals surface area contributed by atoms with Crippen LogP contribution in [0.25, 0.3) is 22.0 Å². The van der Waals surface area contributed by atoms with Gasteiger partial charge >= 0.3 is 6.18 Å². The lowest BCUT2D eigenvalue weighted by atomic mass is 9.97. The normalized spacial score (nSPS) is 15.8. The molecule has 0 bridgehead atoms. The Kier molecular flexibility index (Phi) is 5.52. The number of amides is 1. The number of hydrogen-bond donors (Lipinski definition) is 0. The third-order valence-electron chi connectivity index (χ3n) is 5.97. The fourth-order valence-electron chi connectivity index (χ4n) is 4.27. The van der Waals surface area contributed by atoms with Gasteiger partial charge in [-0.15, -0.1) is 0 Å². The van der Waals surface area contributed by atoms with E-state index < -0.39 is 36.5 Å². The number of carbonyl (C=O) groups is 1. The lowest BCUT2D eigenvalue weighted by Gasteiger charge is -2.21. The minimum atomic E-state index is -4.63. The van der Waals surface area contributed by atoms with Crippen molar-refractivity contribution < 1.29 is 29.8 Å². The number of halogens is 4. The highest BCUT2D eigenvalue weighted by atomic mass is 19.4. The summed E-state index contributed by atoms with van der Waals surface area (Å²) < 4.78 is 80.8. The number of benzene rings is 2. The molecule has 3 heterocycles. The van der Waals surface area contributed by atoms with E-state index in [2.05, 4.69) is 10.1 Å². The first-order valence-corrected chi connectivity index (χ1v) is 11.6. The second-order valence-electron chi connectivity index (χ2n) is 9.27. The van der Waals surface area contributed by atoms with Crippen LogP contribution in [0.15, 0.2) is 48.8 Å². The Hall–Kier alpha value is -3.95. The molecule has 4 aromatic rings. The molecule has 0 aliphatic carbocycles. The maximum absolute atomic E-state index is 15.8. The van der Waals surface area contributed by atoms with Crippen molar-refractivity contribution in [3.8, 4) is 16.9 Å². The van der Waals surface area contributed by atoms with Crippen molar-refractivity contribution in [2.75, 3.05) is 6.61 Å². The predicted octanol–water partition coefficient (Wildman–Crippen LogP) is 5.98. The number of aryl methyl sites for hydroxylation is 1. The number of rotatable bonds is 6. The molecule has 37 heavy (non-hydrogen) atoms. The molecule has 0 saturated heterocycles. The Morgan fingerprint density at radius 1 is 1.19 bits per heavy atom. The summed E-state index contributed by atoms with van der Waals surface area (Å²) >= 11 is 0. The van der Waals surface area contributed by atoms with Crippen LogP contribution < -0.4 is 4.74 Å². The van der Waals surface area contributed by atoms with Crippen molar-refractivity contribution in [1.82, 2.24) is 19.7 Å². The van der Waals surface area contributed by atoms with Crippen molar-refractivity contribution >= 4 is 16.8 Å². The van der Waals surface area contributed by atoms with Gasteiger partial charge in [0.2, 0.25) is 0 Å². The monoisotopic (exact) mass is 514 g/mol. The summed E-state index contributed by atoms with van der Waals surface area (Å²) in [5, 5.41) is 4.16. The smallest absolute Gasteiger partial charge is 0.418 e. The van der Waals surface area contributed by atoms with Gasteiger partial charge in [-0.1, -0.05) is 19.9 Å². The second-order valence-corrected chi connectivity index (χ2v) is 9.27. The van der Waals surface area contributed by atoms with Gasteiger partial charge in [0.05, 0.1) is 39.2 Å². The number of alkyl halides is 3. The van der Waals surface area contributed by atoms with E-state index in [9.17, 15) is 18.0 Å². The number of hydrogen-bond acceptors (Lipinski definition) is 4. The highest BCUT2D eigenvalue weighted by Crippen LogP contribution is 2.40. The summed E-state index contributed by atoms with van der Waals surface area (Å²) in [6, 6.07) is 7.80. The van der Waals surface area contributed by atoms with Crippen LogP contribution in [0.3, 0.4) is 0 Å². The largest absolute Gasteiger partial charge is 0.493 e. The predicted molar refractivity (Wildman–Crippen MR) is 129 cm³/mol. The highest BCUT2D eigenvalue weighted by Gasteiger charge is 2.35. The molecule has 1 aliphatic heterocycles. The first kappa shape index (κ1) is 22.3. The van der Waals surface area contributed by atoms with Gasteiger partial charge in [-0.3, -0.25) is 14.5 Å². The first-order chi connectivity index (χ1) is 18.3. The number of ether oxygens (including phenoxy) is 1. The van der Waals surface area contributed by atoms with Gasteiger partial charge in [0, 0.05) is 30.4 Å². The zero-order chi connectivity index (χ0) is 28.3. The fourth-order valence-corrected chi connectivity index (χ4v) is 4.27. The van der Waals surface area contributed by atoms with E-state index in [-0.39, 0.29) is 51.6 Å². The van der Waals surface area contributed by atoms with Gasteiger partial charge in [-0.2, -0.15) is 18.3 Å². The standard InChI is InChI=1S/C27H24F4N4O2/c1-15(2)14-37-24-10-16(17-6-7-21(27(29,30)31)25-19(17)11-34(3)33-25)9-22(28)20(24)12-35-13-23-18(26(35)36)5-4-8-32-23/h4-11,15H,12-14H2,1-3H3/i13D2. The van der Waals surface area contributed by atoms with Gasteiger partial charge in [0.15, 0.2) is 0 Å². The van der Waals surface area contributed by atoms with E-state index in [1.165, 1.54) is 48.4 Å². The Bertz CT molecular complexity index is 1600. The molecule has 0 unspecified atom stereocenters. The van der Waals surface area contributed by atoms with Crippen LogP contribution in [-0.2, 0) is 26.3 Å². The summed E-state index contributed by atoms with van der Waals surface area (Å²) in [6.45, 7) is 1.23. The van der Waals surface area contributed by atoms with Gasteiger partial charge in [-0.05, 0) is 47.4 Å². The summed E-state index contributed by atoms with van der Waals surface area (Å²) in [5.74, 6) is -1.32. The molecule has 1 aliphatic rings. The SMILES string of the molecule is [2H]C1([2H])c2ncccc2C(=O)N1Cc1c(F)cc(-c2ccc(C(F)(F)F)c3nn(C)cc23)cc1OCC(C)C. The second kappa shape index (κ2) is 9.17. The highest BCUT2D eigenvalue weighted by molar-refractivity contribution is 5.98. The Labute approximate surface area is 213 Å². The lowest BCUT2D eigenvalue weighted by Crippen LogP contribution is -2.24. The molecule has 0 fully saturated rings. The van der Waals surface area contributed by atoms with Gasteiger partial charge in [0.1, 0.15) is 17.1 Å². The van der Waals surface area contributed by atoms with Crippen molar-refractivity contribution in [2.45, 2.75) is 33.1 Å². The molecule has 0 N–H and O–H groups in total. The zero-order valence-electron chi connectivity index (χ0n) is 22.2. The molecule has 2 aromatic heterocycles. The third-order valence-corrected chi connectivity index (χ3v) is 5.97. The van der Waals surface area contributed by atoms with Crippen LogP contribution in [0, 0.1) is 11.7 Å². The van der Waals surface area contributed by atoms with Crippen LogP contribution in [0.4, 0.5) is 17.6 Å². The van der Waals surface area contributed by atoms with E-state index in [4.69, 9.17) is 7.48 Å². The minimum Gasteiger partial charge on any atom is -0.493 e. The number of fused-ring (bicyclic) bond motifs is 2. The van der Waals surface area contributed by atoms with Gasteiger partial charge in [0.25, 0.3) is 5.91 Å². The molecule has 10 heteroatoms. The lowest BCUT2D eigenvalue weighted by molar-refractivity contribution is -0.136. The first-order valence-electron chi connectivity index (χ1n) is 12.6. The van der Waals surface area contributed by atoms with Crippen molar-refractivity contribution in [1.29, 1.82) is 0 Å². The summed E-state index contributed by atoms with van der Waals surface area (Å²) in [6.07, 6.45) is -1.81. The number of pyridine rings is 1.